The number of aliphatic hydroxyl groups excluding tert-OH is 1. The van der Waals surface area contributed by atoms with E-state index in [0.717, 1.165) is 28.8 Å². The van der Waals surface area contributed by atoms with Gasteiger partial charge in [0.05, 0.1) is 5.56 Å². The van der Waals surface area contributed by atoms with Crippen LogP contribution in [0.1, 0.15) is 41.2 Å². The summed E-state index contributed by atoms with van der Waals surface area (Å²) in [6.07, 6.45) is -4.64. The van der Waals surface area contributed by atoms with Gasteiger partial charge in [-0.2, -0.15) is 13.2 Å². The van der Waals surface area contributed by atoms with Gasteiger partial charge in [0.15, 0.2) is 0 Å². The lowest BCUT2D eigenvalue weighted by molar-refractivity contribution is -0.145. The fourth-order valence-electron chi connectivity index (χ4n) is 3.86. The molecule has 1 heterocycles. The number of thioether (sulfide) groups is 1. The number of hydrogen-bond donors (Lipinski definition) is 1. The van der Waals surface area contributed by atoms with Crippen molar-refractivity contribution in [2.24, 2.45) is 5.92 Å². The highest BCUT2D eigenvalue weighted by atomic mass is 32.2. The van der Waals surface area contributed by atoms with E-state index in [-0.39, 0.29) is 23.7 Å². The predicted molar refractivity (Wildman–Crippen MR) is 116 cm³/mol. The summed E-state index contributed by atoms with van der Waals surface area (Å²) in [7, 11) is 0. The normalized spacial score (nSPS) is 18.2. The molecule has 0 aliphatic carbocycles. The third-order valence-corrected chi connectivity index (χ3v) is 6.70. The lowest BCUT2D eigenvalue weighted by Gasteiger charge is -2.29. The molecule has 0 saturated carbocycles. The standard InChI is InChI=1S/C24H25F3O3S/c1-13-9-14(2)21(15(3)10-13)22-19(28)11-20(30-23(22)29)16(4)12-31-18-7-5-17(6-8-18)24(25,26)27/h5-10,16,20,28H,11-12H2,1-4H3. The first kappa shape index (κ1) is 23.3. The van der Waals surface area contributed by atoms with Crippen LogP contribution in [0.4, 0.5) is 13.2 Å². The number of esters is 1. The van der Waals surface area contributed by atoms with E-state index in [1.54, 1.807) is 0 Å². The van der Waals surface area contributed by atoms with Crippen LogP contribution in [0, 0.1) is 26.7 Å². The van der Waals surface area contributed by atoms with Gasteiger partial charge in [0.2, 0.25) is 0 Å². The quantitative estimate of drug-likeness (QED) is 0.410. The third kappa shape index (κ3) is 5.26. The van der Waals surface area contributed by atoms with E-state index >= 15 is 0 Å². The number of rotatable bonds is 5. The van der Waals surface area contributed by atoms with Crippen LogP contribution in [0.25, 0.3) is 5.57 Å². The minimum atomic E-state index is -4.36. The zero-order valence-electron chi connectivity index (χ0n) is 17.8. The predicted octanol–water partition coefficient (Wildman–Crippen LogP) is 6.64. The molecule has 0 spiro atoms. The van der Waals surface area contributed by atoms with Gasteiger partial charge in [-0.1, -0.05) is 24.6 Å². The van der Waals surface area contributed by atoms with Gasteiger partial charge in [-0.15, -0.1) is 11.8 Å². The van der Waals surface area contributed by atoms with Crippen LogP contribution < -0.4 is 0 Å². The average Bonchev–Trinajstić information content (AvgIpc) is 2.67. The van der Waals surface area contributed by atoms with Crippen molar-refractivity contribution in [1.82, 2.24) is 0 Å². The second-order valence-electron chi connectivity index (χ2n) is 8.05. The number of aliphatic hydroxyl groups is 1. The highest BCUT2D eigenvalue weighted by molar-refractivity contribution is 7.99. The summed E-state index contributed by atoms with van der Waals surface area (Å²) in [5.41, 5.74) is 3.12. The zero-order valence-corrected chi connectivity index (χ0v) is 18.7. The molecule has 2 unspecified atom stereocenters. The molecule has 0 saturated heterocycles. The van der Waals surface area contributed by atoms with Crippen molar-refractivity contribution in [2.45, 2.75) is 51.3 Å². The molecule has 3 nitrogen and oxygen atoms in total. The van der Waals surface area contributed by atoms with Gasteiger partial charge in [-0.05, 0) is 61.7 Å². The Bertz CT molecular complexity index is 987. The monoisotopic (exact) mass is 450 g/mol. The van der Waals surface area contributed by atoms with Crippen molar-refractivity contribution in [3.63, 3.8) is 0 Å². The first-order chi connectivity index (χ1) is 14.5. The SMILES string of the molecule is Cc1cc(C)c(C2=C(O)CC(C(C)CSc3ccc(C(F)(F)F)cc3)OC2=O)c(C)c1. The van der Waals surface area contributed by atoms with Gasteiger partial charge in [0.1, 0.15) is 17.4 Å². The number of ether oxygens (including phenoxy) is 1. The Balaban J connectivity index is 1.70. The molecule has 2 atom stereocenters. The number of halogens is 3. The molecule has 166 valence electrons. The molecule has 0 amide bonds. The smallest absolute Gasteiger partial charge is 0.416 e. The zero-order chi connectivity index (χ0) is 22.9. The Morgan fingerprint density at radius 1 is 1.13 bits per heavy atom. The number of hydrogen-bond acceptors (Lipinski definition) is 4. The molecule has 2 aromatic rings. The second kappa shape index (κ2) is 8.99. The number of carbonyl (C=O) groups is 1. The lowest BCUT2D eigenvalue weighted by Crippen LogP contribution is -2.32. The summed E-state index contributed by atoms with van der Waals surface area (Å²) in [4.78, 5) is 13.5. The molecular formula is C24H25F3O3S. The van der Waals surface area contributed by atoms with Crippen LogP contribution in [0.3, 0.4) is 0 Å². The van der Waals surface area contributed by atoms with E-state index in [2.05, 4.69) is 0 Å². The molecule has 7 heteroatoms. The fraction of sp³-hybridized carbons (Fsp3) is 0.375. The number of cyclic esters (lactones) is 1. The maximum absolute atomic E-state index is 12.8. The molecule has 1 aliphatic heterocycles. The maximum atomic E-state index is 12.8. The minimum absolute atomic E-state index is 0.0164. The van der Waals surface area contributed by atoms with Crippen LogP contribution in [0.15, 0.2) is 47.1 Å². The first-order valence-corrected chi connectivity index (χ1v) is 11.0. The summed E-state index contributed by atoms with van der Waals surface area (Å²) >= 11 is 1.39. The Morgan fingerprint density at radius 2 is 1.71 bits per heavy atom. The van der Waals surface area contributed by atoms with Crippen LogP contribution in [0.5, 0.6) is 0 Å². The molecule has 0 fully saturated rings. The van der Waals surface area contributed by atoms with Crippen molar-refractivity contribution in [2.75, 3.05) is 5.75 Å². The van der Waals surface area contributed by atoms with Gasteiger partial charge >= 0.3 is 12.1 Å². The molecule has 0 radical (unpaired) electrons. The largest absolute Gasteiger partial charge is 0.511 e. The average molecular weight is 451 g/mol. The number of aryl methyl sites for hydroxylation is 3. The molecule has 31 heavy (non-hydrogen) atoms. The van der Waals surface area contributed by atoms with Gasteiger partial charge in [0, 0.05) is 23.0 Å². The van der Waals surface area contributed by atoms with Gasteiger partial charge in [-0.3, -0.25) is 0 Å². The molecule has 1 N–H and O–H groups in total. The number of benzene rings is 2. The molecule has 3 rings (SSSR count). The third-order valence-electron chi connectivity index (χ3n) is 5.40. The first-order valence-electron chi connectivity index (χ1n) is 9.98. The van der Waals surface area contributed by atoms with E-state index in [0.29, 0.717) is 16.2 Å². The highest BCUT2D eigenvalue weighted by Crippen LogP contribution is 2.36. The maximum Gasteiger partial charge on any atom is 0.416 e. The van der Waals surface area contributed by atoms with Crippen LogP contribution in [-0.4, -0.2) is 22.9 Å². The van der Waals surface area contributed by atoms with Crippen LogP contribution >= 0.6 is 11.8 Å². The molecule has 0 aromatic heterocycles. The van der Waals surface area contributed by atoms with Crippen molar-refractivity contribution >= 4 is 23.3 Å². The molecule has 2 aromatic carbocycles. The van der Waals surface area contributed by atoms with E-state index in [9.17, 15) is 23.1 Å². The van der Waals surface area contributed by atoms with Crippen molar-refractivity contribution < 1.29 is 27.8 Å². The van der Waals surface area contributed by atoms with Gasteiger partial charge in [-0.25, -0.2) is 4.79 Å². The second-order valence-corrected chi connectivity index (χ2v) is 9.15. The molecular weight excluding hydrogens is 425 g/mol. The number of carbonyl (C=O) groups excluding carboxylic acids is 1. The fourth-order valence-corrected chi connectivity index (χ4v) is 4.86. The van der Waals surface area contributed by atoms with Crippen LogP contribution in [0.2, 0.25) is 0 Å². The summed E-state index contributed by atoms with van der Waals surface area (Å²) in [6.45, 7) is 7.68. The van der Waals surface area contributed by atoms with Crippen LogP contribution in [-0.2, 0) is 15.7 Å². The van der Waals surface area contributed by atoms with Crippen molar-refractivity contribution in [3.8, 4) is 0 Å². The Morgan fingerprint density at radius 3 is 2.23 bits per heavy atom. The van der Waals surface area contributed by atoms with E-state index in [1.165, 1.54) is 23.9 Å². The number of alkyl halides is 3. The Labute approximate surface area is 184 Å². The van der Waals surface area contributed by atoms with Gasteiger partial charge < -0.3 is 9.84 Å². The highest BCUT2D eigenvalue weighted by Gasteiger charge is 2.34. The lowest BCUT2D eigenvalue weighted by atomic mass is 9.89. The summed E-state index contributed by atoms with van der Waals surface area (Å²) in [6, 6.07) is 8.91. The van der Waals surface area contributed by atoms with Crippen molar-refractivity contribution in [1.29, 1.82) is 0 Å². The summed E-state index contributed by atoms with van der Waals surface area (Å²) in [5.74, 6) is -0.0906. The topological polar surface area (TPSA) is 46.5 Å². The van der Waals surface area contributed by atoms with Crippen molar-refractivity contribution in [3.05, 3.63) is 70.0 Å². The van der Waals surface area contributed by atoms with E-state index in [1.807, 2.05) is 39.8 Å². The van der Waals surface area contributed by atoms with Gasteiger partial charge in [0.25, 0.3) is 0 Å². The molecule has 0 bridgehead atoms. The molecule has 1 aliphatic rings. The van der Waals surface area contributed by atoms with E-state index < -0.39 is 23.8 Å². The Hall–Kier alpha value is -2.41. The summed E-state index contributed by atoms with van der Waals surface area (Å²) in [5, 5.41) is 10.7. The van der Waals surface area contributed by atoms with E-state index in [4.69, 9.17) is 4.74 Å². The Kier molecular flexibility index (Phi) is 6.74. The summed E-state index contributed by atoms with van der Waals surface area (Å²) < 4.78 is 43.7. The minimum Gasteiger partial charge on any atom is -0.511 e.